The summed E-state index contributed by atoms with van der Waals surface area (Å²) in [6.45, 7) is 0.728. The highest BCUT2D eigenvalue weighted by molar-refractivity contribution is 7.99. The zero-order valence-electron chi connectivity index (χ0n) is 13.7. The third-order valence-electron chi connectivity index (χ3n) is 4.62. The van der Waals surface area contributed by atoms with Crippen molar-refractivity contribution in [2.75, 3.05) is 11.9 Å². The van der Waals surface area contributed by atoms with E-state index in [1.54, 1.807) is 18.0 Å². The van der Waals surface area contributed by atoms with Crippen LogP contribution in [-0.4, -0.2) is 34.2 Å². The van der Waals surface area contributed by atoms with E-state index in [0.29, 0.717) is 12.3 Å². The number of hydrogen-bond donors (Lipinski definition) is 3. The number of pyridine rings is 1. The van der Waals surface area contributed by atoms with Crippen molar-refractivity contribution in [2.45, 2.75) is 35.1 Å². The van der Waals surface area contributed by atoms with Gasteiger partial charge in [0.15, 0.2) is 0 Å². The minimum atomic E-state index is -0.337. The second kappa shape index (κ2) is 6.40. The molecule has 0 aliphatic carbocycles. The predicted molar refractivity (Wildman–Crippen MR) is 98.4 cm³/mol. The Hall–Kier alpha value is -2.54. The summed E-state index contributed by atoms with van der Waals surface area (Å²) in [6, 6.07) is 7.81. The van der Waals surface area contributed by atoms with Gasteiger partial charge in [-0.15, -0.1) is 0 Å². The second-order valence-corrected chi connectivity index (χ2v) is 7.39. The summed E-state index contributed by atoms with van der Waals surface area (Å²) in [5, 5.41) is 11.8. The zero-order chi connectivity index (χ0) is 17.4. The molecule has 1 fully saturated rings. The number of likely N-dealkylation sites (tertiary alicyclic amines) is 1. The molecule has 1 saturated heterocycles. The van der Waals surface area contributed by atoms with Crippen LogP contribution in [0.5, 0.6) is 0 Å². The van der Waals surface area contributed by atoms with Gasteiger partial charge in [0.05, 0.1) is 16.3 Å². The van der Waals surface area contributed by atoms with Crippen molar-refractivity contribution >= 4 is 34.9 Å². The minimum absolute atomic E-state index is 0.335. The number of nitrogens with zero attached hydrogens (tertiary/aromatic N) is 2. The summed E-state index contributed by atoms with van der Waals surface area (Å²) in [6.07, 6.45) is 5.77. The fourth-order valence-corrected chi connectivity index (χ4v) is 4.32. The molecule has 1 aromatic heterocycles. The number of benzene rings is 1. The molecule has 25 heavy (non-hydrogen) atoms. The van der Waals surface area contributed by atoms with Crippen LogP contribution in [0.15, 0.2) is 46.5 Å². The van der Waals surface area contributed by atoms with Crippen molar-refractivity contribution in [3.05, 3.63) is 42.2 Å². The maximum atomic E-state index is 11.5. The first-order chi connectivity index (χ1) is 12.1. The molecule has 1 aromatic carbocycles. The Balaban J connectivity index is 1.52. The molecule has 0 bridgehead atoms. The summed E-state index contributed by atoms with van der Waals surface area (Å²) in [5.74, 6) is 0.116. The van der Waals surface area contributed by atoms with Gasteiger partial charge in [-0.3, -0.25) is 15.2 Å². The molecule has 4 rings (SSSR count). The summed E-state index contributed by atoms with van der Waals surface area (Å²) in [4.78, 5) is 19.8. The van der Waals surface area contributed by atoms with Gasteiger partial charge in [0.2, 0.25) is 5.91 Å². The van der Waals surface area contributed by atoms with Crippen LogP contribution in [-0.2, 0) is 11.2 Å². The number of fused-ring (bicyclic) bond motifs is 2. The van der Waals surface area contributed by atoms with E-state index < -0.39 is 0 Å². The van der Waals surface area contributed by atoms with E-state index in [2.05, 4.69) is 22.4 Å². The Morgan fingerprint density at radius 2 is 2.24 bits per heavy atom. The molecule has 2 aliphatic rings. The lowest BCUT2D eigenvalue weighted by Gasteiger charge is -2.25. The molecular weight excluding hydrogens is 334 g/mol. The largest absolute Gasteiger partial charge is 0.368 e. The quantitative estimate of drug-likeness (QED) is 0.497. The molecule has 7 heteroatoms. The van der Waals surface area contributed by atoms with Crippen molar-refractivity contribution in [3.63, 3.8) is 0 Å². The van der Waals surface area contributed by atoms with Crippen LogP contribution in [0.3, 0.4) is 0 Å². The number of hydrogen-bond acceptors (Lipinski definition) is 5. The van der Waals surface area contributed by atoms with Gasteiger partial charge in [-0.25, -0.2) is 0 Å². The number of carbonyl (C=O) groups excluding carboxylic acids is 1. The normalized spacial score (nSPS) is 18.2. The first kappa shape index (κ1) is 16.0. The van der Waals surface area contributed by atoms with Gasteiger partial charge in [-0.05, 0) is 36.6 Å². The van der Waals surface area contributed by atoms with E-state index in [9.17, 15) is 4.79 Å². The molecule has 3 heterocycles. The predicted octanol–water partition coefficient (Wildman–Crippen LogP) is 2.76. The molecule has 2 aromatic rings. The number of carbonyl (C=O) groups is 1. The number of nitrogens with two attached hydrogens (primary N) is 1. The van der Waals surface area contributed by atoms with Gasteiger partial charge >= 0.3 is 0 Å². The molecule has 0 radical (unpaired) electrons. The fourth-order valence-electron chi connectivity index (χ4n) is 3.38. The molecule has 0 saturated carbocycles. The molecule has 1 atom stereocenters. The van der Waals surface area contributed by atoms with E-state index in [4.69, 9.17) is 11.1 Å². The molecule has 4 N–H and O–H groups in total. The number of nitrogens with one attached hydrogen (secondary N) is 2. The van der Waals surface area contributed by atoms with Gasteiger partial charge in [-0.2, -0.15) is 0 Å². The van der Waals surface area contributed by atoms with Crippen molar-refractivity contribution in [1.82, 2.24) is 9.88 Å². The van der Waals surface area contributed by atoms with Gasteiger partial charge in [-0.1, -0.05) is 17.8 Å². The lowest BCUT2D eigenvalue weighted by molar-refractivity contribution is -0.121. The van der Waals surface area contributed by atoms with Crippen LogP contribution in [0.25, 0.3) is 0 Å². The lowest BCUT2D eigenvalue weighted by atomic mass is 10.1. The van der Waals surface area contributed by atoms with Crippen LogP contribution in [0.2, 0.25) is 0 Å². The van der Waals surface area contributed by atoms with Crippen molar-refractivity contribution < 1.29 is 4.79 Å². The Bertz CT molecular complexity index is 853. The number of aromatic nitrogens is 1. The Morgan fingerprint density at radius 3 is 3.08 bits per heavy atom. The summed E-state index contributed by atoms with van der Waals surface area (Å²) < 4.78 is 0. The third-order valence-corrected chi connectivity index (χ3v) is 5.74. The summed E-state index contributed by atoms with van der Waals surface area (Å²) in [5.41, 5.74) is 8.60. The number of amidine groups is 1. The van der Waals surface area contributed by atoms with E-state index in [-0.39, 0.29) is 11.9 Å². The van der Waals surface area contributed by atoms with Gasteiger partial charge < -0.3 is 16.0 Å². The Labute approximate surface area is 150 Å². The Kier molecular flexibility index (Phi) is 4.09. The standard InChI is InChI=1S/C18H19N5OS/c19-17(23-7-1-2-14(23)18(20)24)9-11-3-4-15-13(8-11)22-12-5-6-21-10-16(12)25-15/h3-6,8,10,14,19,22H,1-2,7,9H2,(H2,20,24). The van der Waals surface area contributed by atoms with E-state index in [0.717, 1.165) is 46.1 Å². The third kappa shape index (κ3) is 3.07. The smallest absolute Gasteiger partial charge is 0.240 e. The molecule has 128 valence electrons. The number of rotatable bonds is 3. The van der Waals surface area contributed by atoms with Crippen molar-refractivity contribution in [3.8, 4) is 0 Å². The van der Waals surface area contributed by atoms with Crippen LogP contribution in [0.1, 0.15) is 18.4 Å². The number of primary amides is 1. The highest BCUT2D eigenvalue weighted by Crippen LogP contribution is 2.43. The first-order valence-corrected chi connectivity index (χ1v) is 9.08. The Morgan fingerprint density at radius 1 is 1.36 bits per heavy atom. The first-order valence-electron chi connectivity index (χ1n) is 8.27. The van der Waals surface area contributed by atoms with Gasteiger partial charge in [0.25, 0.3) is 0 Å². The van der Waals surface area contributed by atoms with E-state index in [1.807, 2.05) is 23.2 Å². The molecule has 1 amide bonds. The topological polar surface area (TPSA) is 95.1 Å². The van der Waals surface area contributed by atoms with Gasteiger partial charge in [0, 0.05) is 30.3 Å². The maximum Gasteiger partial charge on any atom is 0.240 e. The van der Waals surface area contributed by atoms with E-state index >= 15 is 0 Å². The summed E-state index contributed by atoms with van der Waals surface area (Å²) in [7, 11) is 0. The average Bonchev–Trinajstić information content (AvgIpc) is 3.10. The molecule has 6 nitrogen and oxygen atoms in total. The number of amides is 1. The van der Waals surface area contributed by atoms with Crippen LogP contribution >= 0.6 is 11.8 Å². The molecule has 0 spiro atoms. The maximum absolute atomic E-state index is 11.5. The second-order valence-electron chi connectivity index (χ2n) is 6.31. The number of anilines is 2. The van der Waals surface area contributed by atoms with E-state index in [1.165, 1.54) is 0 Å². The fraction of sp³-hybridized carbons (Fsp3) is 0.278. The summed E-state index contributed by atoms with van der Waals surface area (Å²) >= 11 is 1.69. The van der Waals surface area contributed by atoms with Crippen molar-refractivity contribution in [2.24, 2.45) is 5.73 Å². The van der Waals surface area contributed by atoms with Crippen LogP contribution in [0.4, 0.5) is 11.4 Å². The van der Waals surface area contributed by atoms with Crippen molar-refractivity contribution in [1.29, 1.82) is 5.41 Å². The van der Waals surface area contributed by atoms with Gasteiger partial charge in [0.1, 0.15) is 11.9 Å². The minimum Gasteiger partial charge on any atom is -0.368 e. The highest BCUT2D eigenvalue weighted by Gasteiger charge is 2.30. The monoisotopic (exact) mass is 353 g/mol. The molecule has 1 unspecified atom stereocenters. The lowest BCUT2D eigenvalue weighted by Crippen LogP contribution is -2.44. The van der Waals surface area contributed by atoms with Crippen LogP contribution in [0, 0.1) is 5.41 Å². The van der Waals surface area contributed by atoms with Crippen LogP contribution < -0.4 is 11.1 Å². The zero-order valence-corrected chi connectivity index (χ0v) is 14.5. The highest BCUT2D eigenvalue weighted by atomic mass is 32.2. The molecular formula is C18H19N5OS. The average molecular weight is 353 g/mol. The molecule has 2 aliphatic heterocycles. The SMILES string of the molecule is N=C(Cc1ccc2c(c1)Nc1ccncc1S2)N1CCCC1C(N)=O.